The van der Waals surface area contributed by atoms with Gasteiger partial charge in [-0.2, -0.15) is 0 Å². The molecule has 1 rings (SSSR count). The molecule has 0 saturated heterocycles. The summed E-state index contributed by atoms with van der Waals surface area (Å²) < 4.78 is 0. The highest BCUT2D eigenvalue weighted by molar-refractivity contribution is 5.78. The molecule has 0 radical (unpaired) electrons. The average Bonchev–Trinajstić information content (AvgIpc) is 2.44. The van der Waals surface area contributed by atoms with Gasteiger partial charge in [0, 0.05) is 6.08 Å². The second kappa shape index (κ2) is 13.3. The van der Waals surface area contributed by atoms with Crippen LogP contribution in [0.25, 0.3) is 0 Å². The van der Waals surface area contributed by atoms with Gasteiger partial charge in [-0.1, -0.05) is 12.6 Å². The smallest absolute Gasteiger partial charge is 0.327 e. The molecule has 0 aliphatic rings. The lowest BCUT2D eigenvalue weighted by Crippen LogP contribution is -2.02. The Balaban J connectivity index is 0. The van der Waals surface area contributed by atoms with Crippen molar-refractivity contribution >= 4 is 5.97 Å². The molecule has 0 saturated carbocycles. The molecule has 20 heavy (non-hydrogen) atoms. The number of aromatic hydroxyl groups is 2. The summed E-state index contributed by atoms with van der Waals surface area (Å²) in [5.74, 6) is -1.16. The number of phenols is 2. The predicted octanol–water partition coefficient (Wildman–Crippen LogP) is -0.173. The van der Waals surface area contributed by atoms with Crippen LogP contribution in [0.3, 0.4) is 0 Å². The second-order valence-electron chi connectivity index (χ2n) is 3.35. The summed E-state index contributed by atoms with van der Waals surface area (Å²) in [6.07, 6.45) is 1.55. The van der Waals surface area contributed by atoms with Crippen LogP contribution in [0.5, 0.6) is 11.5 Å². The highest BCUT2D eigenvalue weighted by atomic mass is 16.4. The van der Waals surface area contributed by atoms with Gasteiger partial charge in [0.15, 0.2) is 11.5 Å². The van der Waals surface area contributed by atoms with E-state index in [1.807, 2.05) is 0 Å². The molecule has 114 valence electrons. The molecule has 0 spiro atoms. The molecule has 0 bridgehead atoms. The molecule has 0 aliphatic heterocycles. The monoisotopic (exact) mass is 287 g/mol. The summed E-state index contributed by atoms with van der Waals surface area (Å²) in [5.41, 5.74) is 6.24. The number of benzene rings is 1. The molecule has 0 heterocycles. The minimum Gasteiger partial charge on any atom is -0.504 e. The Labute approximate surface area is 117 Å². The van der Waals surface area contributed by atoms with Crippen molar-refractivity contribution in [3.05, 3.63) is 36.4 Å². The number of carboxylic acid groups (broad SMARTS) is 1. The molecule has 7 heteroatoms. The molecule has 0 amide bonds. The van der Waals surface area contributed by atoms with E-state index >= 15 is 0 Å². The van der Waals surface area contributed by atoms with Crippen molar-refractivity contribution in [3.8, 4) is 11.5 Å². The molecule has 0 aliphatic carbocycles. The minimum absolute atomic E-state index is 0.0871. The number of hydrogen-bond donors (Lipinski definition) is 6. The van der Waals surface area contributed by atoms with Gasteiger partial charge >= 0.3 is 5.97 Å². The molecule has 7 N–H and O–H groups in total. The fourth-order valence-electron chi connectivity index (χ4n) is 0.891. The van der Waals surface area contributed by atoms with Gasteiger partial charge in [0.05, 0.1) is 13.2 Å². The molecular formula is C13H21NO6. The van der Waals surface area contributed by atoms with Gasteiger partial charge < -0.3 is 31.3 Å². The highest BCUT2D eigenvalue weighted by Gasteiger charge is 1.98. The fourth-order valence-corrected chi connectivity index (χ4v) is 0.891. The Morgan fingerprint density at radius 1 is 1.20 bits per heavy atom. The van der Waals surface area contributed by atoms with Gasteiger partial charge in [-0.25, -0.2) is 4.79 Å². The lowest BCUT2D eigenvalue weighted by atomic mass is 10.1. The van der Waals surface area contributed by atoms with Crippen LogP contribution in [-0.2, 0) is 11.2 Å². The standard InChI is InChI=1S/C8H11NO2.C3H4O2.C2H6O2/c9-4-3-6-1-2-7(10)8(11)5-6;1-2-3(4)5;3-1-2-4/h1-2,5,10-11H,3-4,9H2;2H,1H2,(H,4,5);3-4H,1-2H2. The molecule has 7 nitrogen and oxygen atoms in total. The van der Waals surface area contributed by atoms with E-state index in [0.717, 1.165) is 11.6 Å². The van der Waals surface area contributed by atoms with Crippen LogP contribution in [0.2, 0.25) is 0 Å². The van der Waals surface area contributed by atoms with Crippen LogP contribution in [0.4, 0.5) is 0 Å². The lowest BCUT2D eigenvalue weighted by Gasteiger charge is -2.00. The van der Waals surface area contributed by atoms with Crippen LogP contribution < -0.4 is 5.73 Å². The summed E-state index contributed by atoms with van der Waals surface area (Å²) in [6.45, 7) is 3.26. The van der Waals surface area contributed by atoms with Crippen LogP contribution >= 0.6 is 0 Å². The topological polar surface area (TPSA) is 144 Å². The van der Waals surface area contributed by atoms with Crippen LogP contribution in [-0.4, -0.2) is 51.3 Å². The van der Waals surface area contributed by atoms with E-state index in [4.69, 9.17) is 31.3 Å². The van der Waals surface area contributed by atoms with Crippen molar-refractivity contribution in [1.82, 2.24) is 0 Å². The van der Waals surface area contributed by atoms with Crippen LogP contribution in [0, 0.1) is 0 Å². The number of carboxylic acids is 1. The van der Waals surface area contributed by atoms with Crippen molar-refractivity contribution in [3.63, 3.8) is 0 Å². The molecule has 0 fully saturated rings. The molecular weight excluding hydrogens is 266 g/mol. The van der Waals surface area contributed by atoms with Crippen LogP contribution in [0.1, 0.15) is 5.56 Å². The maximum Gasteiger partial charge on any atom is 0.327 e. The van der Waals surface area contributed by atoms with Crippen LogP contribution in [0.15, 0.2) is 30.9 Å². The van der Waals surface area contributed by atoms with E-state index in [-0.39, 0.29) is 24.7 Å². The summed E-state index contributed by atoms with van der Waals surface area (Å²) in [4.78, 5) is 9.25. The minimum atomic E-state index is -0.981. The van der Waals surface area contributed by atoms with Gasteiger partial charge in [0.25, 0.3) is 0 Å². The quantitative estimate of drug-likeness (QED) is 0.333. The van der Waals surface area contributed by atoms with E-state index < -0.39 is 5.97 Å². The normalized spacial score (nSPS) is 8.55. The number of rotatable bonds is 4. The Morgan fingerprint density at radius 2 is 1.70 bits per heavy atom. The Morgan fingerprint density at radius 3 is 2.00 bits per heavy atom. The number of aliphatic hydroxyl groups excluding tert-OH is 2. The number of phenolic OH excluding ortho intramolecular Hbond substituents is 2. The second-order valence-corrected chi connectivity index (χ2v) is 3.35. The molecule has 1 aromatic carbocycles. The molecule has 1 aromatic rings. The number of aliphatic hydroxyl groups is 2. The Hall–Kier alpha value is -2.09. The summed E-state index contributed by atoms with van der Waals surface area (Å²) >= 11 is 0. The van der Waals surface area contributed by atoms with E-state index in [9.17, 15) is 4.79 Å². The first-order valence-electron chi connectivity index (χ1n) is 5.70. The number of aliphatic carboxylic acids is 1. The zero-order valence-corrected chi connectivity index (χ0v) is 11.1. The first kappa shape index (κ1) is 20.2. The highest BCUT2D eigenvalue weighted by Crippen LogP contribution is 2.24. The average molecular weight is 287 g/mol. The van der Waals surface area contributed by atoms with E-state index in [2.05, 4.69) is 6.58 Å². The fraction of sp³-hybridized carbons (Fsp3) is 0.308. The third-order valence-corrected chi connectivity index (χ3v) is 1.75. The van der Waals surface area contributed by atoms with E-state index in [1.54, 1.807) is 6.07 Å². The van der Waals surface area contributed by atoms with Gasteiger partial charge in [-0.05, 0) is 30.7 Å². The maximum atomic E-state index is 9.25. The third-order valence-electron chi connectivity index (χ3n) is 1.75. The maximum absolute atomic E-state index is 9.25. The zero-order valence-electron chi connectivity index (χ0n) is 11.1. The summed E-state index contributed by atoms with van der Waals surface area (Å²) in [5, 5.41) is 40.8. The Kier molecular flexibility index (Phi) is 13.5. The molecule has 0 unspecified atom stereocenters. The Bertz CT molecular complexity index is 392. The van der Waals surface area contributed by atoms with Crippen molar-refractivity contribution in [2.75, 3.05) is 19.8 Å². The van der Waals surface area contributed by atoms with Gasteiger partial charge in [-0.15, -0.1) is 0 Å². The zero-order chi connectivity index (χ0) is 16.0. The van der Waals surface area contributed by atoms with Crippen molar-refractivity contribution < 1.29 is 30.3 Å². The van der Waals surface area contributed by atoms with Crippen molar-refractivity contribution in [2.45, 2.75) is 6.42 Å². The van der Waals surface area contributed by atoms with Crippen molar-refractivity contribution in [2.24, 2.45) is 5.73 Å². The predicted molar refractivity (Wildman–Crippen MR) is 74.5 cm³/mol. The first-order chi connectivity index (χ1) is 9.42. The van der Waals surface area contributed by atoms with Gasteiger partial charge in [0.2, 0.25) is 0 Å². The van der Waals surface area contributed by atoms with E-state index in [0.29, 0.717) is 13.0 Å². The number of carbonyl (C=O) groups is 1. The molecule has 0 aromatic heterocycles. The largest absolute Gasteiger partial charge is 0.504 e. The molecule has 0 atom stereocenters. The number of hydrogen-bond acceptors (Lipinski definition) is 6. The first-order valence-corrected chi connectivity index (χ1v) is 5.70. The van der Waals surface area contributed by atoms with Gasteiger partial charge in [-0.3, -0.25) is 0 Å². The van der Waals surface area contributed by atoms with Gasteiger partial charge in [0.1, 0.15) is 0 Å². The SMILES string of the molecule is C=CC(=O)O.NCCc1ccc(O)c(O)c1.OCCO. The summed E-state index contributed by atoms with van der Waals surface area (Å²) in [6, 6.07) is 4.71. The lowest BCUT2D eigenvalue weighted by molar-refractivity contribution is -0.131. The number of nitrogens with two attached hydrogens (primary N) is 1. The summed E-state index contributed by atoms with van der Waals surface area (Å²) in [7, 11) is 0. The van der Waals surface area contributed by atoms with Crippen molar-refractivity contribution in [1.29, 1.82) is 0 Å². The van der Waals surface area contributed by atoms with E-state index in [1.165, 1.54) is 12.1 Å². The third kappa shape index (κ3) is 12.4.